The van der Waals surface area contributed by atoms with E-state index in [0.29, 0.717) is 6.54 Å². The third-order valence-corrected chi connectivity index (χ3v) is 1.63. The molecule has 5 nitrogen and oxygen atoms in total. The van der Waals surface area contributed by atoms with Gasteiger partial charge in [0.05, 0.1) is 6.61 Å². The van der Waals surface area contributed by atoms with Crippen molar-refractivity contribution < 1.29 is 17.4 Å². The Balaban J connectivity index is 3.56. The molecule has 1 unspecified atom stereocenters. The van der Waals surface area contributed by atoms with E-state index >= 15 is 0 Å². The van der Waals surface area contributed by atoms with Crippen molar-refractivity contribution in [2.75, 3.05) is 13.2 Å². The molecule has 1 N–H and O–H groups in total. The average Bonchev–Trinajstić information content (AvgIpc) is 2.10. The summed E-state index contributed by atoms with van der Waals surface area (Å²) < 4.78 is 24.4. The van der Waals surface area contributed by atoms with Gasteiger partial charge < -0.3 is 5.32 Å². The minimum atomic E-state index is -2.80. The van der Waals surface area contributed by atoms with Crippen LogP contribution >= 0.6 is 0 Å². The van der Waals surface area contributed by atoms with Crippen LogP contribution < -0.4 is 5.32 Å². The lowest BCUT2D eigenvalue weighted by molar-refractivity contribution is -0.116. The molecular weight excluding hydrogens is 194 g/mol. The second-order valence-corrected chi connectivity index (χ2v) is 3.28. The summed E-state index contributed by atoms with van der Waals surface area (Å²) in [6.07, 6.45) is 1.15. The number of hydrogen-bond donors (Lipinski definition) is 2. The van der Waals surface area contributed by atoms with E-state index in [1.165, 1.54) is 0 Å². The lowest BCUT2D eigenvalue weighted by Crippen LogP contribution is -2.28. The Morgan fingerprint density at radius 3 is 2.77 bits per heavy atom. The van der Waals surface area contributed by atoms with Gasteiger partial charge in [0.15, 0.2) is 0 Å². The third-order valence-electron chi connectivity index (χ3n) is 1.27. The Bertz CT molecular complexity index is 241. The highest BCUT2D eigenvalue weighted by Gasteiger charge is 2.03. The van der Waals surface area contributed by atoms with Gasteiger partial charge in [0.2, 0.25) is 5.91 Å². The molecule has 0 aliphatic heterocycles. The maximum absolute atomic E-state index is 10.7. The Labute approximate surface area is 78.9 Å². The summed E-state index contributed by atoms with van der Waals surface area (Å²) in [4.78, 5) is 10.7. The number of hydrogen-bond acceptors (Lipinski definition) is 4. The topological polar surface area (TPSA) is 72.5 Å². The van der Waals surface area contributed by atoms with E-state index in [2.05, 4.69) is 16.1 Å². The predicted octanol–water partition coefficient (Wildman–Crippen LogP) is -0.532. The van der Waals surface area contributed by atoms with Crippen molar-refractivity contribution in [3.05, 3.63) is 12.7 Å². The SMILES string of the molecule is C=CC(=O)NCC(C)CO[SH](=O)=O. The molecule has 0 aromatic heterocycles. The Hall–Kier alpha value is -0.880. The molecule has 0 spiro atoms. The highest BCUT2D eigenvalue weighted by molar-refractivity contribution is 7.67. The van der Waals surface area contributed by atoms with E-state index in [4.69, 9.17) is 0 Å². The zero-order valence-electron chi connectivity index (χ0n) is 7.36. The highest BCUT2D eigenvalue weighted by atomic mass is 32.2. The summed E-state index contributed by atoms with van der Waals surface area (Å²) in [7, 11) is -2.80. The van der Waals surface area contributed by atoms with Gasteiger partial charge in [-0.05, 0) is 12.0 Å². The van der Waals surface area contributed by atoms with Crippen molar-refractivity contribution in [2.24, 2.45) is 5.92 Å². The number of rotatable bonds is 6. The van der Waals surface area contributed by atoms with E-state index in [1.54, 1.807) is 6.92 Å². The Morgan fingerprint density at radius 1 is 1.69 bits per heavy atom. The number of nitrogens with one attached hydrogen (secondary N) is 1. The molecule has 0 aliphatic carbocycles. The summed E-state index contributed by atoms with van der Waals surface area (Å²) >= 11 is 0. The molecule has 0 radical (unpaired) electrons. The van der Waals surface area contributed by atoms with Crippen LogP contribution in [0.3, 0.4) is 0 Å². The maximum atomic E-state index is 10.7. The van der Waals surface area contributed by atoms with Crippen molar-refractivity contribution in [3.63, 3.8) is 0 Å². The zero-order valence-corrected chi connectivity index (χ0v) is 8.25. The van der Waals surface area contributed by atoms with E-state index in [1.807, 2.05) is 0 Å². The van der Waals surface area contributed by atoms with Gasteiger partial charge >= 0.3 is 0 Å². The Kier molecular flexibility index (Phi) is 6.17. The summed E-state index contributed by atoms with van der Waals surface area (Å²) in [5, 5.41) is 2.52. The van der Waals surface area contributed by atoms with Crippen molar-refractivity contribution in [3.8, 4) is 0 Å². The van der Waals surface area contributed by atoms with Gasteiger partial charge in [-0.2, -0.15) is 0 Å². The van der Waals surface area contributed by atoms with Gasteiger partial charge in [0.25, 0.3) is 11.0 Å². The summed E-state index contributed by atoms with van der Waals surface area (Å²) in [6, 6.07) is 0. The summed E-state index contributed by atoms with van der Waals surface area (Å²) in [6.45, 7) is 5.49. The first-order valence-corrected chi connectivity index (χ1v) is 4.83. The lowest BCUT2D eigenvalue weighted by Gasteiger charge is -2.08. The van der Waals surface area contributed by atoms with Crippen LogP contribution in [0.25, 0.3) is 0 Å². The molecule has 0 bridgehead atoms. The van der Waals surface area contributed by atoms with Gasteiger partial charge in [0.1, 0.15) is 0 Å². The van der Waals surface area contributed by atoms with Gasteiger partial charge in [-0.1, -0.05) is 13.5 Å². The number of thiol groups is 1. The van der Waals surface area contributed by atoms with E-state index in [9.17, 15) is 13.2 Å². The minimum absolute atomic E-state index is 0.0446. The second kappa shape index (κ2) is 6.62. The fourth-order valence-corrected chi connectivity index (χ4v) is 0.970. The van der Waals surface area contributed by atoms with Crippen molar-refractivity contribution in [1.29, 1.82) is 0 Å². The molecule has 0 saturated carbocycles. The number of carbonyl (C=O) groups excluding carboxylic acids is 1. The average molecular weight is 207 g/mol. The van der Waals surface area contributed by atoms with E-state index < -0.39 is 11.0 Å². The molecule has 0 heterocycles. The van der Waals surface area contributed by atoms with Crippen LogP contribution in [0.4, 0.5) is 0 Å². The zero-order chi connectivity index (χ0) is 10.3. The van der Waals surface area contributed by atoms with Crippen molar-refractivity contribution in [2.45, 2.75) is 6.92 Å². The summed E-state index contributed by atoms with van der Waals surface area (Å²) in [5.41, 5.74) is 0. The maximum Gasteiger partial charge on any atom is 0.257 e. The lowest BCUT2D eigenvalue weighted by atomic mass is 10.2. The second-order valence-electron chi connectivity index (χ2n) is 2.57. The van der Waals surface area contributed by atoms with Crippen LogP contribution in [-0.4, -0.2) is 27.5 Å². The molecule has 0 aromatic rings. The van der Waals surface area contributed by atoms with Crippen LogP contribution in [0.5, 0.6) is 0 Å². The van der Waals surface area contributed by atoms with Crippen LogP contribution in [-0.2, 0) is 20.0 Å². The number of amides is 1. The fraction of sp³-hybridized carbons (Fsp3) is 0.571. The molecular formula is C7H13NO4S. The van der Waals surface area contributed by atoms with Gasteiger partial charge in [0, 0.05) is 6.54 Å². The molecule has 76 valence electrons. The molecule has 6 heteroatoms. The highest BCUT2D eigenvalue weighted by Crippen LogP contribution is 1.93. The molecule has 0 fully saturated rings. The van der Waals surface area contributed by atoms with Crippen LogP contribution in [0.15, 0.2) is 12.7 Å². The molecule has 13 heavy (non-hydrogen) atoms. The Morgan fingerprint density at radius 2 is 2.31 bits per heavy atom. The predicted molar refractivity (Wildman–Crippen MR) is 48.6 cm³/mol. The molecule has 1 atom stereocenters. The molecule has 0 aromatic carbocycles. The van der Waals surface area contributed by atoms with Crippen molar-refractivity contribution in [1.82, 2.24) is 5.32 Å². The summed E-state index contributed by atoms with van der Waals surface area (Å²) in [5.74, 6) is -0.324. The largest absolute Gasteiger partial charge is 0.352 e. The fourth-order valence-electron chi connectivity index (χ4n) is 0.594. The number of carbonyl (C=O) groups is 1. The first-order chi connectivity index (χ1) is 6.06. The standard InChI is InChI=1S/C7H13NO4S/c1-3-7(9)8-4-6(2)5-12-13(10)11/h3,6,13H,1,4-5H2,2H3,(H,8,9). The quantitative estimate of drug-likeness (QED) is 0.453. The molecule has 0 rings (SSSR count). The monoisotopic (exact) mass is 207 g/mol. The van der Waals surface area contributed by atoms with Crippen LogP contribution in [0, 0.1) is 5.92 Å². The van der Waals surface area contributed by atoms with Gasteiger partial charge in [-0.15, -0.1) is 0 Å². The van der Waals surface area contributed by atoms with E-state index in [-0.39, 0.29) is 18.4 Å². The van der Waals surface area contributed by atoms with Gasteiger partial charge in [-0.3, -0.25) is 8.98 Å². The van der Waals surface area contributed by atoms with Gasteiger partial charge in [-0.25, -0.2) is 8.42 Å². The van der Waals surface area contributed by atoms with Crippen LogP contribution in [0.2, 0.25) is 0 Å². The third kappa shape index (κ3) is 7.48. The van der Waals surface area contributed by atoms with E-state index in [0.717, 1.165) is 6.08 Å². The van der Waals surface area contributed by atoms with Crippen molar-refractivity contribution >= 4 is 16.9 Å². The first-order valence-electron chi connectivity index (χ1n) is 3.73. The first kappa shape index (κ1) is 12.1. The minimum Gasteiger partial charge on any atom is -0.352 e. The molecule has 0 saturated heterocycles. The molecule has 1 amide bonds. The normalized spacial score (nSPS) is 12.5. The molecule has 0 aliphatic rings. The van der Waals surface area contributed by atoms with Crippen LogP contribution in [0.1, 0.15) is 6.92 Å². The smallest absolute Gasteiger partial charge is 0.257 e.